The second-order valence-electron chi connectivity index (χ2n) is 6.49. The third-order valence-electron chi connectivity index (χ3n) is 4.79. The summed E-state index contributed by atoms with van der Waals surface area (Å²) in [6.07, 6.45) is 0.962. The molecule has 0 unspecified atom stereocenters. The lowest BCUT2D eigenvalue weighted by molar-refractivity contribution is 0.174. The molecule has 136 valence electrons. The van der Waals surface area contributed by atoms with Crippen molar-refractivity contribution in [3.05, 3.63) is 53.6 Å². The molecule has 1 saturated heterocycles. The predicted molar refractivity (Wildman–Crippen MR) is 104 cm³/mol. The number of ether oxygens (including phenoxy) is 2. The summed E-state index contributed by atoms with van der Waals surface area (Å²) in [5, 5.41) is 3.42. The van der Waals surface area contributed by atoms with Crippen molar-refractivity contribution < 1.29 is 14.3 Å². The molecule has 4 rings (SSSR count). The number of urea groups is 1. The molecule has 26 heavy (non-hydrogen) atoms. The third kappa shape index (κ3) is 3.60. The van der Waals surface area contributed by atoms with Crippen LogP contribution in [0.25, 0.3) is 0 Å². The Hall–Kier alpha value is -2.34. The number of amides is 2. The van der Waals surface area contributed by atoms with E-state index in [0.717, 1.165) is 36.7 Å². The maximum absolute atomic E-state index is 12.7. The zero-order valence-corrected chi connectivity index (χ0v) is 15.6. The van der Waals surface area contributed by atoms with Gasteiger partial charge in [0.15, 0.2) is 11.5 Å². The van der Waals surface area contributed by atoms with Crippen LogP contribution in [0.3, 0.4) is 0 Å². The number of rotatable bonds is 2. The highest BCUT2D eigenvalue weighted by Gasteiger charge is 2.23. The van der Waals surface area contributed by atoms with Gasteiger partial charge in [-0.3, -0.25) is 0 Å². The first kappa shape index (κ1) is 17.1. The Labute approximate surface area is 157 Å². The molecule has 6 heteroatoms. The minimum absolute atomic E-state index is 0.0603. The largest absolute Gasteiger partial charge is 0.454 e. The second kappa shape index (κ2) is 7.50. The van der Waals surface area contributed by atoms with Crippen molar-refractivity contribution in [3.8, 4) is 11.5 Å². The lowest BCUT2D eigenvalue weighted by Gasteiger charge is -2.21. The highest BCUT2D eigenvalue weighted by molar-refractivity contribution is 7.99. The smallest absolute Gasteiger partial charge is 0.321 e. The van der Waals surface area contributed by atoms with Gasteiger partial charge in [0.1, 0.15) is 0 Å². The van der Waals surface area contributed by atoms with E-state index in [2.05, 4.69) is 36.5 Å². The van der Waals surface area contributed by atoms with E-state index in [1.165, 1.54) is 11.1 Å². The van der Waals surface area contributed by atoms with E-state index in [0.29, 0.717) is 11.0 Å². The van der Waals surface area contributed by atoms with Crippen molar-refractivity contribution in [3.63, 3.8) is 0 Å². The van der Waals surface area contributed by atoms with E-state index in [4.69, 9.17) is 9.47 Å². The molecule has 0 radical (unpaired) electrons. The Morgan fingerprint density at radius 3 is 2.88 bits per heavy atom. The van der Waals surface area contributed by atoms with Crippen LogP contribution in [-0.4, -0.2) is 36.6 Å². The average molecular weight is 370 g/mol. The number of nitrogens with one attached hydrogen (secondary N) is 1. The van der Waals surface area contributed by atoms with E-state index in [1.54, 1.807) is 0 Å². The van der Waals surface area contributed by atoms with Crippen molar-refractivity contribution in [1.29, 1.82) is 0 Å². The van der Waals surface area contributed by atoms with Gasteiger partial charge in [0.25, 0.3) is 0 Å². The molecule has 2 aromatic carbocycles. The second-order valence-corrected chi connectivity index (χ2v) is 7.80. The molecule has 2 heterocycles. The van der Waals surface area contributed by atoms with Crippen LogP contribution in [0, 0.1) is 6.92 Å². The maximum Gasteiger partial charge on any atom is 0.321 e. The van der Waals surface area contributed by atoms with Crippen molar-refractivity contribution in [2.75, 3.05) is 31.0 Å². The van der Waals surface area contributed by atoms with Gasteiger partial charge in [0.2, 0.25) is 6.79 Å². The van der Waals surface area contributed by atoms with Gasteiger partial charge < -0.3 is 19.7 Å². The van der Waals surface area contributed by atoms with Crippen LogP contribution in [-0.2, 0) is 0 Å². The van der Waals surface area contributed by atoms with Crippen LogP contribution in [0.2, 0.25) is 0 Å². The number of anilines is 1. The van der Waals surface area contributed by atoms with Crippen LogP contribution < -0.4 is 14.8 Å². The van der Waals surface area contributed by atoms with Gasteiger partial charge in [-0.05, 0) is 36.6 Å². The van der Waals surface area contributed by atoms with Gasteiger partial charge >= 0.3 is 6.03 Å². The summed E-state index contributed by atoms with van der Waals surface area (Å²) in [4.78, 5) is 14.6. The number of benzene rings is 2. The standard InChI is InChI=1S/C20H22N2O3S/c1-14-4-2-3-5-16(14)19-8-9-22(10-11-26-19)20(23)21-15-6-7-17-18(12-15)25-13-24-17/h2-7,12,19H,8-11,13H2,1H3,(H,21,23)/t19-/m0/s1. The number of fused-ring (bicyclic) bond motifs is 1. The number of nitrogens with zero attached hydrogens (tertiary/aromatic N) is 1. The molecule has 0 bridgehead atoms. The fourth-order valence-corrected chi connectivity index (χ4v) is 4.67. The molecule has 0 aliphatic carbocycles. The zero-order valence-electron chi connectivity index (χ0n) is 14.7. The van der Waals surface area contributed by atoms with Gasteiger partial charge in [-0.15, -0.1) is 0 Å². The van der Waals surface area contributed by atoms with Crippen LogP contribution in [0.1, 0.15) is 22.8 Å². The Morgan fingerprint density at radius 2 is 2.00 bits per heavy atom. The third-order valence-corrected chi connectivity index (χ3v) is 6.10. The molecule has 2 aliphatic heterocycles. The summed E-state index contributed by atoms with van der Waals surface area (Å²) in [6.45, 7) is 3.90. The monoisotopic (exact) mass is 370 g/mol. The highest BCUT2D eigenvalue weighted by atomic mass is 32.2. The van der Waals surface area contributed by atoms with Crippen LogP contribution >= 0.6 is 11.8 Å². The molecule has 2 aromatic rings. The first-order valence-electron chi connectivity index (χ1n) is 8.83. The molecule has 2 amide bonds. The number of aryl methyl sites for hydroxylation is 1. The molecular formula is C20H22N2O3S. The molecule has 1 N–H and O–H groups in total. The number of hydrogen-bond acceptors (Lipinski definition) is 4. The van der Waals surface area contributed by atoms with E-state index in [-0.39, 0.29) is 12.8 Å². The molecular weight excluding hydrogens is 348 g/mol. The van der Waals surface area contributed by atoms with Gasteiger partial charge in [-0.25, -0.2) is 4.79 Å². The molecule has 0 aromatic heterocycles. The van der Waals surface area contributed by atoms with Crippen molar-refractivity contribution in [2.24, 2.45) is 0 Å². The lowest BCUT2D eigenvalue weighted by atomic mass is 10.0. The first-order chi connectivity index (χ1) is 12.7. The quantitative estimate of drug-likeness (QED) is 0.849. The Morgan fingerprint density at radius 1 is 1.15 bits per heavy atom. The summed E-state index contributed by atoms with van der Waals surface area (Å²) in [6, 6.07) is 13.9. The molecule has 0 saturated carbocycles. The lowest BCUT2D eigenvalue weighted by Crippen LogP contribution is -2.36. The van der Waals surface area contributed by atoms with E-state index in [1.807, 2.05) is 34.9 Å². The average Bonchev–Trinajstić information content (AvgIpc) is 2.97. The van der Waals surface area contributed by atoms with Crippen molar-refractivity contribution in [2.45, 2.75) is 18.6 Å². The Kier molecular flexibility index (Phi) is 4.93. The van der Waals surface area contributed by atoms with E-state index >= 15 is 0 Å². The molecule has 1 atom stereocenters. The normalized spacial score (nSPS) is 19.1. The number of carbonyl (C=O) groups excluding carboxylic acids is 1. The van der Waals surface area contributed by atoms with Crippen molar-refractivity contribution >= 4 is 23.5 Å². The Bertz CT molecular complexity index is 811. The number of thioether (sulfide) groups is 1. The van der Waals surface area contributed by atoms with Crippen LogP contribution in [0.5, 0.6) is 11.5 Å². The molecule has 0 spiro atoms. The minimum atomic E-state index is -0.0603. The minimum Gasteiger partial charge on any atom is -0.454 e. The summed E-state index contributed by atoms with van der Waals surface area (Å²) >= 11 is 1.94. The summed E-state index contributed by atoms with van der Waals surface area (Å²) in [5.74, 6) is 2.33. The molecule has 1 fully saturated rings. The maximum atomic E-state index is 12.7. The van der Waals surface area contributed by atoms with Gasteiger partial charge in [-0.1, -0.05) is 24.3 Å². The summed E-state index contributed by atoms with van der Waals surface area (Å²) in [7, 11) is 0. The highest BCUT2D eigenvalue weighted by Crippen LogP contribution is 2.36. The van der Waals surface area contributed by atoms with Gasteiger partial charge in [0, 0.05) is 35.8 Å². The van der Waals surface area contributed by atoms with Gasteiger partial charge in [0.05, 0.1) is 0 Å². The van der Waals surface area contributed by atoms with Crippen LogP contribution in [0.4, 0.5) is 10.5 Å². The molecule has 2 aliphatic rings. The summed E-state index contributed by atoms with van der Waals surface area (Å²) in [5.41, 5.74) is 3.44. The fourth-order valence-electron chi connectivity index (χ4n) is 3.35. The fraction of sp³-hybridized carbons (Fsp3) is 0.350. The van der Waals surface area contributed by atoms with E-state index < -0.39 is 0 Å². The predicted octanol–water partition coefficient (Wildman–Crippen LogP) is 4.44. The van der Waals surface area contributed by atoms with Gasteiger partial charge in [-0.2, -0.15) is 11.8 Å². The first-order valence-corrected chi connectivity index (χ1v) is 9.88. The molecule has 5 nitrogen and oxygen atoms in total. The van der Waals surface area contributed by atoms with Crippen molar-refractivity contribution in [1.82, 2.24) is 4.90 Å². The summed E-state index contributed by atoms with van der Waals surface area (Å²) < 4.78 is 10.7. The number of carbonyl (C=O) groups is 1. The Balaban J connectivity index is 1.39. The SMILES string of the molecule is Cc1ccccc1[C@@H]1CCN(C(=O)Nc2ccc3c(c2)OCO3)CCS1. The zero-order chi connectivity index (χ0) is 17.9. The van der Waals surface area contributed by atoms with Crippen LogP contribution in [0.15, 0.2) is 42.5 Å². The van der Waals surface area contributed by atoms with E-state index in [9.17, 15) is 4.79 Å². The topological polar surface area (TPSA) is 50.8 Å². The number of hydrogen-bond donors (Lipinski definition) is 1.